The fourth-order valence-electron chi connectivity index (χ4n) is 6.09. The molecule has 0 spiro atoms. The lowest BCUT2D eigenvalue weighted by Gasteiger charge is -2.17. The average Bonchev–Trinajstić information content (AvgIpc) is 3.73. The van der Waals surface area contributed by atoms with Gasteiger partial charge >= 0.3 is 0 Å². The van der Waals surface area contributed by atoms with Crippen LogP contribution in [0.15, 0.2) is 104 Å². The van der Waals surface area contributed by atoms with Gasteiger partial charge in [0.15, 0.2) is 11.9 Å². The van der Waals surface area contributed by atoms with Crippen LogP contribution < -0.4 is 30.0 Å². The second-order valence-electron chi connectivity index (χ2n) is 13.4. The highest BCUT2D eigenvalue weighted by Gasteiger charge is 2.30. The molecule has 3 heterocycles. The maximum atomic E-state index is 12.7. The summed E-state index contributed by atoms with van der Waals surface area (Å²) in [6, 6.07) is 21.6. The van der Waals surface area contributed by atoms with Crippen molar-refractivity contribution in [1.82, 2.24) is 10.6 Å². The van der Waals surface area contributed by atoms with Gasteiger partial charge in [0.25, 0.3) is 11.8 Å². The average molecular weight is 801 g/mol. The maximum Gasteiger partial charge on any atom is 0.286 e. The number of β-amino-alcohol motifs (C(OH)–C–C–N with tert-alkyl or cyclic N) is 4. The van der Waals surface area contributed by atoms with Crippen LogP contribution in [0.5, 0.6) is 0 Å². The predicted molar refractivity (Wildman–Crippen MR) is 227 cm³/mol. The van der Waals surface area contributed by atoms with Crippen LogP contribution in [0.1, 0.15) is 16.8 Å². The molecule has 0 aliphatic carbocycles. The zero-order valence-corrected chi connectivity index (χ0v) is 33.0. The van der Waals surface area contributed by atoms with E-state index in [2.05, 4.69) is 22.2 Å². The van der Waals surface area contributed by atoms with Crippen LogP contribution in [0, 0.1) is 0 Å². The minimum absolute atomic E-state index is 0.0759. The van der Waals surface area contributed by atoms with Crippen LogP contribution in [0.2, 0.25) is 0 Å². The summed E-state index contributed by atoms with van der Waals surface area (Å²) in [7, 11) is 3.28. The Balaban J connectivity index is 0.956. The van der Waals surface area contributed by atoms with Gasteiger partial charge in [-0.3, -0.25) is 9.59 Å². The van der Waals surface area contributed by atoms with Gasteiger partial charge < -0.3 is 40.9 Å². The maximum absolute atomic E-state index is 12.7. The summed E-state index contributed by atoms with van der Waals surface area (Å²) in [5.74, 6) is 1.27. The number of anilines is 2. The number of aliphatic hydroxyl groups excluding tert-OH is 4. The van der Waals surface area contributed by atoms with E-state index in [0.717, 1.165) is 45.4 Å². The van der Waals surface area contributed by atoms with E-state index in [0.29, 0.717) is 39.3 Å². The van der Waals surface area contributed by atoms with Crippen molar-refractivity contribution in [2.24, 2.45) is 0 Å². The molecule has 0 saturated carbocycles. The first-order valence-corrected chi connectivity index (χ1v) is 21.1. The topological polar surface area (TPSA) is 163 Å². The molecular weight excluding hydrogens is 749 g/mol. The van der Waals surface area contributed by atoms with Crippen molar-refractivity contribution in [2.75, 3.05) is 67.1 Å². The number of aromatic nitrogens is 1. The van der Waals surface area contributed by atoms with Crippen LogP contribution >= 0.6 is 21.6 Å². The van der Waals surface area contributed by atoms with Gasteiger partial charge in [-0.1, -0.05) is 64.6 Å². The SMILES string of the molecule is C=C/C=C\C(/C=C\c1ccc(N2CC(O)C(O)C2)cc1)=[NH+]CC(=O)NCCSSCCNC(=O)C[n+]1ccccc1/C=C/c1ccc(N2CC(O)C(O)C2)cc1. The molecule has 2 amide bonds. The Bertz CT molecular complexity index is 1850. The Hall–Kier alpha value is -4.70. The molecule has 56 heavy (non-hydrogen) atoms. The Morgan fingerprint density at radius 1 is 0.732 bits per heavy atom. The van der Waals surface area contributed by atoms with Gasteiger partial charge in [0.2, 0.25) is 18.8 Å². The predicted octanol–water partition coefficient (Wildman–Crippen LogP) is 0.819. The normalized spacial score (nSPS) is 20.1. The summed E-state index contributed by atoms with van der Waals surface area (Å²) in [5, 5.41) is 45.3. The van der Waals surface area contributed by atoms with E-state index < -0.39 is 24.4 Å². The van der Waals surface area contributed by atoms with Gasteiger partial charge in [0.05, 0.1) is 24.4 Å². The number of benzene rings is 2. The molecule has 2 aromatic carbocycles. The Morgan fingerprint density at radius 2 is 1.27 bits per heavy atom. The largest absolute Gasteiger partial charge is 0.389 e. The molecule has 14 heteroatoms. The third-order valence-electron chi connectivity index (χ3n) is 9.19. The molecule has 2 saturated heterocycles. The molecule has 12 nitrogen and oxygen atoms in total. The van der Waals surface area contributed by atoms with Gasteiger partial charge in [0, 0.05) is 92.5 Å². The van der Waals surface area contributed by atoms with E-state index in [1.54, 1.807) is 33.7 Å². The number of carbonyl (C=O) groups is 2. The van der Waals surface area contributed by atoms with Crippen LogP contribution in [0.3, 0.4) is 0 Å². The molecule has 296 valence electrons. The fraction of sp³-hybridized carbons (Fsp3) is 0.333. The summed E-state index contributed by atoms with van der Waals surface area (Å²) in [6.07, 6.45) is 12.1. The van der Waals surface area contributed by atoms with E-state index in [1.807, 2.05) is 118 Å². The Kier molecular flexibility index (Phi) is 16.8. The van der Waals surface area contributed by atoms with E-state index in [9.17, 15) is 30.0 Å². The Morgan fingerprint density at radius 3 is 1.82 bits per heavy atom. The molecule has 7 N–H and O–H groups in total. The van der Waals surface area contributed by atoms with Gasteiger partial charge in [-0.25, -0.2) is 4.99 Å². The monoisotopic (exact) mass is 800 g/mol. The lowest BCUT2D eigenvalue weighted by atomic mass is 10.1. The van der Waals surface area contributed by atoms with Crippen molar-refractivity contribution in [3.05, 3.63) is 121 Å². The first-order chi connectivity index (χ1) is 27.2. The minimum atomic E-state index is -0.736. The summed E-state index contributed by atoms with van der Waals surface area (Å²) in [6.45, 7) is 6.72. The highest BCUT2D eigenvalue weighted by atomic mass is 33.1. The van der Waals surface area contributed by atoms with Gasteiger partial charge in [-0.15, -0.1) is 0 Å². The smallest absolute Gasteiger partial charge is 0.286 e. The fourth-order valence-corrected chi connectivity index (χ4v) is 7.90. The molecule has 4 unspecified atom stereocenters. The van der Waals surface area contributed by atoms with Crippen molar-refractivity contribution in [3.63, 3.8) is 0 Å². The number of nitrogens with zero attached hydrogens (tertiary/aromatic N) is 3. The summed E-state index contributed by atoms with van der Waals surface area (Å²) in [5.41, 5.74) is 5.50. The van der Waals surface area contributed by atoms with E-state index in [1.165, 1.54) is 0 Å². The highest BCUT2D eigenvalue weighted by molar-refractivity contribution is 8.76. The van der Waals surface area contributed by atoms with Crippen LogP contribution in [0.25, 0.3) is 18.2 Å². The number of hydrogen-bond acceptors (Lipinski definition) is 10. The molecule has 4 atom stereocenters. The zero-order valence-electron chi connectivity index (χ0n) is 31.3. The van der Waals surface area contributed by atoms with Crippen LogP contribution in [0.4, 0.5) is 11.4 Å². The number of pyridine rings is 1. The van der Waals surface area contributed by atoms with E-state index in [4.69, 9.17) is 0 Å². The number of nitrogens with one attached hydrogen (secondary N) is 3. The second-order valence-corrected chi connectivity index (χ2v) is 16.1. The van der Waals surface area contributed by atoms with Crippen molar-refractivity contribution in [3.8, 4) is 0 Å². The highest BCUT2D eigenvalue weighted by Crippen LogP contribution is 2.23. The molecule has 1 aromatic heterocycles. The van der Waals surface area contributed by atoms with Crippen LogP contribution in [-0.2, 0) is 16.1 Å². The third kappa shape index (κ3) is 13.5. The first kappa shape index (κ1) is 42.4. The number of hydrogen-bond donors (Lipinski definition) is 7. The molecular formula is C42H52N6O6S2+2. The number of carbonyl (C=O) groups excluding carboxylic acids is 2. The van der Waals surface area contributed by atoms with Crippen molar-refractivity contribution >= 4 is 68.7 Å². The molecule has 2 aliphatic heterocycles. The number of amides is 2. The zero-order chi connectivity index (χ0) is 39.7. The Labute approximate surface area is 336 Å². The molecule has 0 radical (unpaired) electrons. The van der Waals surface area contributed by atoms with E-state index >= 15 is 0 Å². The number of aliphatic hydroxyl groups is 4. The number of rotatable bonds is 19. The standard InChI is InChI=1S/C42H50N6O6S2/c1-2-3-6-33(14-8-31-10-16-35(17-11-31)47-26-37(49)38(50)27-47)45-25-41(53)43-20-23-55-56-24-21-44-42(54)30-46-22-5-4-7-34(46)15-9-32-12-18-36(19-13-32)48-28-39(51)40(52)29-48/h2-19,22,37-40,49-52H,1,20-21,23-30H2,(H-,43,44,53,54)/p+2/b6-3-,14-8-,45-33?. The van der Waals surface area contributed by atoms with Gasteiger partial charge in [-0.2, -0.15) is 4.57 Å². The van der Waals surface area contributed by atoms with Crippen molar-refractivity contribution in [2.45, 2.75) is 31.0 Å². The molecule has 5 rings (SSSR count). The minimum Gasteiger partial charge on any atom is -0.389 e. The molecule has 0 bridgehead atoms. The lowest BCUT2D eigenvalue weighted by Crippen LogP contribution is -2.75. The summed E-state index contributed by atoms with van der Waals surface area (Å²) >= 11 is 0. The first-order valence-electron chi connectivity index (χ1n) is 18.6. The molecule has 2 fully saturated rings. The van der Waals surface area contributed by atoms with Gasteiger partial charge in [-0.05, 0) is 53.6 Å². The van der Waals surface area contributed by atoms with Crippen molar-refractivity contribution in [1.29, 1.82) is 0 Å². The second kappa shape index (κ2) is 22.1. The quantitative estimate of drug-likeness (QED) is 0.0304. The summed E-state index contributed by atoms with van der Waals surface area (Å²) < 4.78 is 1.90. The lowest BCUT2D eigenvalue weighted by molar-refractivity contribution is -0.686. The van der Waals surface area contributed by atoms with Crippen molar-refractivity contribution < 1.29 is 39.6 Å². The third-order valence-corrected chi connectivity index (χ3v) is 11.6. The van der Waals surface area contributed by atoms with E-state index in [-0.39, 0.29) is 24.9 Å². The summed E-state index contributed by atoms with van der Waals surface area (Å²) in [4.78, 5) is 32.3. The molecule has 3 aromatic rings. The van der Waals surface area contributed by atoms with Crippen LogP contribution in [-0.4, -0.2) is 120 Å². The molecule has 2 aliphatic rings. The van der Waals surface area contributed by atoms with Gasteiger partial charge in [0.1, 0.15) is 0 Å². The number of allylic oxidation sites excluding steroid dienone is 4.